The maximum atomic E-state index is 13.3. The molecule has 2 aliphatic heterocycles. The highest BCUT2D eigenvalue weighted by atomic mass is 32.1. The Morgan fingerprint density at radius 3 is 2.68 bits per heavy atom. The van der Waals surface area contributed by atoms with E-state index in [9.17, 15) is 14.7 Å². The van der Waals surface area contributed by atoms with E-state index >= 15 is 0 Å². The third-order valence-electron chi connectivity index (χ3n) is 5.47. The van der Waals surface area contributed by atoms with E-state index in [1.807, 2.05) is 6.92 Å². The van der Waals surface area contributed by atoms with Gasteiger partial charge < -0.3 is 19.3 Å². The molecule has 0 spiro atoms. The summed E-state index contributed by atoms with van der Waals surface area (Å²) in [5, 5.41) is 20.3. The molecule has 5 rings (SSSR count). The highest BCUT2D eigenvalue weighted by Gasteiger charge is 2.48. The maximum absolute atomic E-state index is 13.3. The Kier molecular flexibility index (Phi) is 5.66. The highest BCUT2D eigenvalue weighted by Crippen LogP contribution is 2.44. The van der Waals surface area contributed by atoms with Gasteiger partial charge in [-0.3, -0.25) is 14.5 Å². The second-order valence-electron chi connectivity index (χ2n) is 7.64. The second kappa shape index (κ2) is 8.79. The number of hydrogen-bond acceptors (Lipinski definition) is 9. The number of ketones is 1. The number of hydrogen-bond donors (Lipinski definition) is 1. The zero-order valence-corrected chi connectivity index (χ0v) is 19.3. The van der Waals surface area contributed by atoms with Crippen molar-refractivity contribution in [1.29, 1.82) is 0 Å². The van der Waals surface area contributed by atoms with Crippen molar-refractivity contribution in [1.82, 2.24) is 10.2 Å². The normalized spacial score (nSPS) is 18.9. The number of ether oxygens (including phenoxy) is 3. The van der Waals surface area contributed by atoms with E-state index in [0.29, 0.717) is 53.2 Å². The van der Waals surface area contributed by atoms with E-state index < -0.39 is 17.7 Å². The Morgan fingerprint density at radius 1 is 1.15 bits per heavy atom. The first-order valence-electron chi connectivity index (χ1n) is 10.7. The smallest absolute Gasteiger partial charge is 0.301 e. The molecule has 1 amide bonds. The predicted molar refractivity (Wildman–Crippen MR) is 124 cm³/mol. The summed E-state index contributed by atoms with van der Waals surface area (Å²) in [5.41, 5.74) is 0.877. The van der Waals surface area contributed by atoms with Gasteiger partial charge in [0.05, 0.1) is 18.2 Å². The maximum Gasteiger partial charge on any atom is 0.301 e. The van der Waals surface area contributed by atoms with Crippen molar-refractivity contribution < 1.29 is 28.9 Å². The lowest BCUT2D eigenvalue weighted by atomic mass is 9.95. The number of nitrogens with zero attached hydrogens (tertiary/aromatic N) is 3. The summed E-state index contributed by atoms with van der Waals surface area (Å²) in [5.74, 6) is -0.328. The van der Waals surface area contributed by atoms with Crippen LogP contribution in [0, 0.1) is 6.92 Å². The number of carbonyl (C=O) groups is 2. The van der Waals surface area contributed by atoms with Crippen molar-refractivity contribution in [2.45, 2.75) is 19.9 Å². The fourth-order valence-electron chi connectivity index (χ4n) is 4.02. The lowest BCUT2D eigenvalue weighted by Gasteiger charge is -2.23. The Hall–Kier alpha value is -3.92. The summed E-state index contributed by atoms with van der Waals surface area (Å²) in [6.45, 7) is 4.89. The number of Topliss-reactive ketones (excluding diaryl/α,β-unsaturated/α-hetero) is 1. The number of aryl methyl sites for hydroxylation is 1. The minimum Gasteiger partial charge on any atom is -0.507 e. The molecule has 10 heteroatoms. The Labute approximate surface area is 199 Å². The largest absolute Gasteiger partial charge is 0.507 e. The first kappa shape index (κ1) is 21.9. The fraction of sp³-hybridized carbons (Fsp3) is 0.250. The van der Waals surface area contributed by atoms with E-state index in [-0.39, 0.29) is 16.5 Å². The number of aliphatic hydroxyl groups excluding tert-OH is 1. The van der Waals surface area contributed by atoms with E-state index in [1.165, 1.54) is 16.2 Å². The average molecular weight is 480 g/mol. The summed E-state index contributed by atoms with van der Waals surface area (Å²) in [4.78, 5) is 27.7. The van der Waals surface area contributed by atoms with Crippen molar-refractivity contribution in [2.24, 2.45) is 0 Å². The number of aliphatic hydroxyl groups is 1. The number of fused-ring (bicyclic) bond motifs is 1. The van der Waals surface area contributed by atoms with Crippen molar-refractivity contribution in [3.63, 3.8) is 0 Å². The first-order chi connectivity index (χ1) is 16.5. The van der Waals surface area contributed by atoms with Gasteiger partial charge in [-0.1, -0.05) is 23.5 Å². The predicted octanol–water partition coefficient (Wildman–Crippen LogP) is 3.64. The van der Waals surface area contributed by atoms with Gasteiger partial charge in [0.2, 0.25) is 5.13 Å². The summed E-state index contributed by atoms with van der Waals surface area (Å²) in [6, 6.07) is 11.1. The van der Waals surface area contributed by atoms with E-state index in [1.54, 1.807) is 49.4 Å². The zero-order valence-electron chi connectivity index (χ0n) is 18.5. The Bertz CT molecular complexity index is 1320. The number of anilines is 1. The summed E-state index contributed by atoms with van der Waals surface area (Å²) in [7, 11) is 0. The van der Waals surface area contributed by atoms with Gasteiger partial charge in [0.15, 0.2) is 11.5 Å². The molecule has 2 aromatic carbocycles. The molecule has 1 atom stereocenters. The van der Waals surface area contributed by atoms with E-state index in [0.717, 1.165) is 0 Å². The first-order valence-corrected chi connectivity index (χ1v) is 11.5. The van der Waals surface area contributed by atoms with Crippen LogP contribution in [0.4, 0.5) is 5.13 Å². The van der Waals surface area contributed by atoms with Crippen molar-refractivity contribution in [3.05, 3.63) is 64.2 Å². The van der Waals surface area contributed by atoms with Crippen LogP contribution in [-0.2, 0) is 9.59 Å². The number of rotatable bonds is 5. The number of amides is 1. The molecule has 0 aliphatic carbocycles. The molecule has 3 heterocycles. The summed E-state index contributed by atoms with van der Waals surface area (Å²) < 4.78 is 16.8. The fourth-order valence-corrected chi connectivity index (χ4v) is 4.73. The average Bonchev–Trinajstić information content (AvgIpc) is 3.39. The van der Waals surface area contributed by atoms with Crippen LogP contribution >= 0.6 is 11.3 Å². The zero-order chi connectivity index (χ0) is 23.8. The van der Waals surface area contributed by atoms with Crippen molar-refractivity contribution in [2.75, 3.05) is 24.7 Å². The van der Waals surface area contributed by atoms with E-state index in [2.05, 4.69) is 10.2 Å². The van der Waals surface area contributed by atoms with Crippen molar-refractivity contribution in [3.8, 4) is 17.2 Å². The van der Waals surface area contributed by atoms with Gasteiger partial charge >= 0.3 is 5.91 Å². The molecule has 0 saturated carbocycles. The molecular weight excluding hydrogens is 458 g/mol. The van der Waals surface area contributed by atoms with Gasteiger partial charge in [-0.25, -0.2) is 0 Å². The number of benzene rings is 2. The lowest BCUT2D eigenvalue weighted by molar-refractivity contribution is -0.132. The van der Waals surface area contributed by atoms with Crippen LogP contribution in [0.3, 0.4) is 0 Å². The van der Waals surface area contributed by atoms with E-state index in [4.69, 9.17) is 14.2 Å². The standard InChI is InChI=1S/C24H21N3O6S/c1-3-31-16-6-4-5-14(11-16)20-19(22(29)23(30)27(20)24-26-25-13(2)34-24)21(28)15-7-8-17-18(12-15)33-10-9-32-17/h4-8,11-12,20,28H,3,9-10H2,1-2H3. The minimum absolute atomic E-state index is 0.0526. The van der Waals surface area contributed by atoms with Gasteiger partial charge in [0.1, 0.15) is 29.7 Å². The van der Waals surface area contributed by atoms with Gasteiger partial charge in [0.25, 0.3) is 5.78 Å². The third-order valence-corrected chi connectivity index (χ3v) is 6.30. The van der Waals surface area contributed by atoms with Crippen LogP contribution in [-0.4, -0.2) is 46.8 Å². The highest BCUT2D eigenvalue weighted by molar-refractivity contribution is 7.15. The molecule has 0 bridgehead atoms. The van der Waals surface area contributed by atoms with Crippen LogP contribution in [0.5, 0.6) is 17.2 Å². The number of carbonyl (C=O) groups excluding carboxylic acids is 2. The van der Waals surface area contributed by atoms with Gasteiger partial charge in [-0.15, -0.1) is 10.2 Å². The van der Waals surface area contributed by atoms with Gasteiger partial charge in [-0.2, -0.15) is 0 Å². The van der Waals surface area contributed by atoms with Crippen LogP contribution < -0.4 is 19.1 Å². The molecule has 1 unspecified atom stereocenters. The lowest BCUT2D eigenvalue weighted by Crippen LogP contribution is -2.29. The molecule has 34 heavy (non-hydrogen) atoms. The SMILES string of the molecule is CCOc1cccc(C2C(=C(O)c3ccc4c(c3)OCCO4)C(=O)C(=O)N2c2nnc(C)s2)c1. The summed E-state index contributed by atoms with van der Waals surface area (Å²) in [6.07, 6.45) is 0. The monoisotopic (exact) mass is 479 g/mol. The van der Waals surface area contributed by atoms with Crippen molar-refractivity contribution >= 4 is 33.9 Å². The van der Waals surface area contributed by atoms with Crippen LogP contribution in [0.1, 0.15) is 29.1 Å². The summed E-state index contributed by atoms with van der Waals surface area (Å²) >= 11 is 1.19. The molecular formula is C24H21N3O6S. The molecule has 1 saturated heterocycles. The molecule has 1 fully saturated rings. The Morgan fingerprint density at radius 2 is 1.94 bits per heavy atom. The van der Waals surface area contributed by atoms with Crippen LogP contribution in [0.25, 0.3) is 5.76 Å². The topological polar surface area (TPSA) is 111 Å². The molecule has 174 valence electrons. The van der Waals surface area contributed by atoms with Crippen LogP contribution in [0.15, 0.2) is 48.0 Å². The molecule has 3 aromatic rings. The molecule has 1 aromatic heterocycles. The Balaban J connectivity index is 1.68. The quantitative estimate of drug-likeness (QED) is 0.335. The molecule has 0 radical (unpaired) electrons. The molecule has 1 N–H and O–H groups in total. The van der Waals surface area contributed by atoms with Crippen LogP contribution in [0.2, 0.25) is 0 Å². The van der Waals surface area contributed by atoms with Gasteiger partial charge in [0, 0.05) is 5.56 Å². The number of aromatic nitrogens is 2. The molecule has 2 aliphatic rings. The minimum atomic E-state index is -0.916. The van der Waals surface area contributed by atoms with Gasteiger partial charge in [-0.05, 0) is 49.7 Å². The third kappa shape index (κ3) is 3.75. The molecule has 9 nitrogen and oxygen atoms in total. The second-order valence-corrected chi connectivity index (χ2v) is 8.80.